The van der Waals surface area contributed by atoms with Crippen LogP contribution >= 0.6 is 0 Å². The number of hydrogen-bond donors (Lipinski definition) is 2. The zero-order valence-electron chi connectivity index (χ0n) is 16.4. The van der Waals surface area contributed by atoms with Gasteiger partial charge in [-0.25, -0.2) is 9.78 Å². The third-order valence-corrected chi connectivity index (χ3v) is 4.65. The molecule has 7 heteroatoms. The molecule has 0 spiro atoms. The molecule has 2 N–H and O–H groups in total. The van der Waals surface area contributed by atoms with Gasteiger partial charge in [0, 0.05) is 16.8 Å². The van der Waals surface area contributed by atoms with Crippen molar-refractivity contribution in [3.05, 3.63) is 77.9 Å². The van der Waals surface area contributed by atoms with E-state index in [1.807, 2.05) is 42.5 Å². The number of ether oxygens (including phenoxy) is 2. The number of fused-ring (bicyclic) bond motifs is 1. The molecule has 4 aromatic rings. The summed E-state index contributed by atoms with van der Waals surface area (Å²) in [6.45, 7) is 0. The van der Waals surface area contributed by atoms with Crippen LogP contribution in [0, 0.1) is 0 Å². The van der Waals surface area contributed by atoms with E-state index in [1.54, 1.807) is 12.1 Å². The van der Waals surface area contributed by atoms with Gasteiger partial charge in [-0.15, -0.1) is 0 Å². The van der Waals surface area contributed by atoms with Crippen molar-refractivity contribution in [2.45, 2.75) is 0 Å². The summed E-state index contributed by atoms with van der Waals surface area (Å²) < 4.78 is 9.95. The normalized spacial score (nSPS) is 10.6. The van der Waals surface area contributed by atoms with Gasteiger partial charge in [-0.2, -0.15) is 0 Å². The number of benzene rings is 3. The van der Waals surface area contributed by atoms with Crippen molar-refractivity contribution in [3.8, 4) is 17.1 Å². The summed E-state index contributed by atoms with van der Waals surface area (Å²) in [7, 11) is 2.72. The molecule has 0 atom stereocenters. The van der Waals surface area contributed by atoms with Crippen molar-refractivity contribution in [2.75, 3.05) is 19.5 Å². The van der Waals surface area contributed by atoms with E-state index in [2.05, 4.69) is 15.3 Å². The number of para-hydroxylation sites is 2. The predicted octanol–water partition coefficient (Wildman–Crippen LogP) is 4.28. The van der Waals surface area contributed by atoms with Gasteiger partial charge >= 0.3 is 5.97 Å². The van der Waals surface area contributed by atoms with Gasteiger partial charge < -0.3 is 19.8 Å². The number of rotatable bonds is 5. The van der Waals surface area contributed by atoms with Gasteiger partial charge in [-0.1, -0.05) is 24.3 Å². The number of H-pyrrole nitrogens is 1. The quantitative estimate of drug-likeness (QED) is 0.487. The van der Waals surface area contributed by atoms with E-state index in [9.17, 15) is 9.59 Å². The van der Waals surface area contributed by atoms with Crippen LogP contribution in [-0.4, -0.2) is 36.1 Å². The van der Waals surface area contributed by atoms with Crippen molar-refractivity contribution >= 4 is 28.6 Å². The first kappa shape index (κ1) is 19.2. The third kappa shape index (κ3) is 3.73. The number of amides is 1. The Morgan fingerprint density at radius 2 is 1.80 bits per heavy atom. The van der Waals surface area contributed by atoms with E-state index < -0.39 is 5.97 Å². The highest BCUT2D eigenvalue weighted by molar-refractivity contribution is 6.05. The van der Waals surface area contributed by atoms with Crippen molar-refractivity contribution < 1.29 is 19.1 Å². The lowest BCUT2D eigenvalue weighted by atomic mass is 10.1. The van der Waals surface area contributed by atoms with Gasteiger partial charge in [-0.05, 0) is 42.5 Å². The van der Waals surface area contributed by atoms with E-state index in [0.717, 1.165) is 22.4 Å². The van der Waals surface area contributed by atoms with Crippen LogP contribution in [0.4, 0.5) is 5.69 Å². The number of hydrogen-bond acceptors (Lipinski definition) is 5. The predicted molar refractivity (Wildman–Crippen MR) is 114 cm³/mol. The van der Waals surface area contributed by atoms with E-state index >= 15 is 0 Å². The van der Waals surface area contributed by atoms with E-state index in [4.69, 9.17) is 9.47 Å². The minimum absolute atomic E-state index is 0.253. The third-order valence-electron chi connectivity index (χ3n) is 4.65. The van der Waals surface area contributed by atoms with Crippen LogP contribution in [0.5, 0.6) is 5.75 Å². The molecule has 0 saturated heterocycles. The maximum atomic E-state index is 12.7. The molecule has 1 amide bonds. The minimum Gasteiger partial charge on any atom is -0.496 e. The molecule has 0 saturated carbocycles. The molecule has 0 fully saturated rings. The Bertz CT molecular complexity index is 1210. The summed E-state index contributed by atoms with van der Waals surface area (Å²) in [4.78, 5) is 32.4. The summed E-state index contributed by atoms with van der Waals surface area (Å²) in [6, 6.07) is 19.7. The summed E-state index contributed by atoms with van der Waals surface area (Å²) in [5.41, 5.74) is 3.90. The van der Waals surface area contributed by atoms with Crippen LogP contribution in [-0.2, 0) is 4.74 Å². The average Bonchev–Trinajstić information content (AvgIpc) is 3.22. The summed E-state index contributed by atoms with van der Waals surface area (Å²) in [5, 5.41) is 2.86. The van der Waals surface area contributed by atoms with Crippen LogP contribution < -0.4 is 10.1 Å². The Labute approximate surface area is 172 Å². The molecule has 0 radical (unpaired) electrons. The number of nitrogens with one attached hydrogen (secondary N) is 2. The number of nitrogens with zero attached hydrogens (tertiary/aromatic N) is 1. The molecule has 0 aliphatic heterocycles. The van der Waals surface area contributed by atoms with Crippen LogP contribution in [0.2, 0.25) is 0 Å². The molecule has 1 aromatic heterocycles. The van der Waals surface area contributed by atoms with Crippen LogP contribution in [0.15, 0.2) is 66.7 Å². The smallest absolute Gasteiger partial charge is 0.341 e. The molecule has 30 heavy (non-hydrogen) atoms. The molecule has 7 nitrogen and oxygen atoms in total. The molecule has 0 aliphatic carbocycles. The number of carbonyl (C=O) groups excluding carboxylic acids is 2. The van der Waals surface area contributed by atoms with Gasteiger partial charge in [-0.3, -0.25) is 4.79 Å². The van der Waals surface area contributed by atoms with Gasteiger partial charge in [0.25, 0.3) is 5.91 Å². The van der Waals surface area contributed by atoms with Gasteiger partial charge in [0.1, 0.15) is 17.1 Å². The van der Waals surface area contributed by atoms with Crippen molar-refractivity contribution in [2.24, 2.45) is 0 Å². The summed E-state index contributed by atoms with van der Waals surface area (Å²) in [6.07, 6.45) is 0. The second-order valence-corrected chi connectivity index (χ2v) is 6.54. The molecule has 0 unspecified atom stereocenters. The second-order valence-electron chi connectivity index (χ2n) is 6.54. The molecule has 4 rings (SSSR count). The number of esters is 1. The summed E-state index contributed by atoms with van der Waals surface area (Å²) in [5.74, 6) is 0.130. The van der Waals surface area contributed by atoms with Crippen molar-refractivity contribution in [1.82, 2.24) is 9.97 Å². The lowest BCUT2D eigenvalue weighted by molar-refractivity contribution is 0.0596. The van der Waals surface area contributed by atoms with Crippen LogP contribution in [0.1, 0.15) is 20.7 Å². The van der Waals surface area contributed by atoms with Gasteiger partial charge in [0.15, 0.2) is 0 Å². The molecular weight excluding hydrogens is 382 g/mol. The fraction of sp³-hybridized carbons (Fsp3) is 0.0870. The van der Waals surface area contributed by atoms with Crippen molar-refractivity contribution in [3.63, 3.8) is 0 Å². The van der Waals surface area contributed by atoms with Crippen molar-refractivity contribution in [1.29, 1.82) is 0 Å². The highest BCUT2D eigenvalue weighted by Gasteiger charge is 2.16. The maximum Gasteiger partial charge on any atom is 0.341 e. The highest BCUT2D eigenvalue weighted by Crippen LogP contribution is 2.25. The van der Waals surface area contributed by atoms with E-state index in [-0.39, 0.29) is 17.2 Å². The Hall–Kier alpha value is -4.13. The number of anilines is 1. The fourth-order valence-corrected chi connectivity index (χ4v) is 3.15. The van der Waals surface area contributed by atoms with Crippen LogP contribution in [0.3, 0.4) is 0 Å². The largest absolute Gasteiger partial charge is 0.496 e. The lowest BCUT2D eigenvalue weighted by Crippen LogP contribution is -2.13. The van der Waals surface area contributed by atoms with Crippen LogP contribution in [0.25, 0.3) is 22.4 Å². The number of imidazole rings is 1. The molecular formula is C23H19N3O4. The Morgan fingerprint density at radius 1 is 0.967 bits per heavy atom. The Morgan fingerprint density at radius 3 is 2.57 bits per heavy atom. The molecule has 0 aliphatic rings. The first-order valence-corrected chi connectivity index (χ1v) is 9.22. The summed E-state index contributed by atoms with van der Waals surface area (Å²) >= 11 is 0. The standard InChI is InChI=1S/C23H19N3O4/c1-29-20-13-15(10-11-17(20)23(28)30-2)22(27)24-16-7-5-6-14(12-16)21-25-18-8-3-4-9-19(18)26-21/h3-13H,1-2H3,(H,24,27)(H,25,26). The number of aromatic amines is 1. The SMILES string of the molecule is COC(=O)c1ccc(C(=O)Nc2cccc(-c3nc4ccccc4[nH]3)c2)cc1OC. The number of carbonyl (C=O) groups is 2. The van der Waals surface area contributed by atoms with Gasteiger partial charge in [0.2, 0.25) is 0 Å². The molecule has 3 aromatic carbocycles. The fourth-order valence-electron chi connectivity index (χ4n) is 3.15. The maximum absolute atomic E-state index is 12.7. The zero-order valence-corrected chi connectivity index (χ0v) is 16.4. The Kier molecular flexibility index (Phi) is 5.17. The monoisotopic (exact) mass is 401 g/mol. The first-order chi connectivity index (χ1) is 14.6. The molecule has 0 bridgehead atoms. The first-order valence-electron chi connectivity index (χ1n) is 9.22. The number of aromatic nitrogens is 2. The van der Waals surface area contributed by atoms with Gasteiger partial charge in [0.05, 0.1) is 25.3 Å². The van der Waals surface area contributed by atoms with E-state index in [0.29, 0.717) is 11.3 Å². The Balaban J connectivity index is 1.58. The topological polar surface area (TPSA) is 93.3 Å². The van der Waals surface area contributed by atoms with E-state index in [1.165, 1.54) is 26.4 Å². The number of methoxy groups -OCH3 is 2. The lowest BCUT2D eigenvalue weighted by Gasteiger charge is -2.10. The minimum atomic E-state index is -0.530. The average molecular weight is 401 g/mol. The zero-order chi connectivity index (χ0) is 21.1. The molecule has 1 heterocycles. The molecule has 150 valence electrons. The highest BCUT2D eigenvalue weighted by atomic mass is 16.5. The second kappa shape index (κ2) is 8.08.